The van der Waals surface area contributed by atoms with Crippen LogP contribution in [0.5, 0.6) is 0 Å². The maximum Gasteiger partial charge on any atom is 0.0795 e. The van der Waals surface area contributed by atoms with Crippen LogP contribution in [0.1, 0.15) is 30.0 Å². The SMILES string of the molecule is c1cc2[nH]c(CN3CCOCC3)cc2c(-c2ccc(C3CCN(C4COC4)CC3)cc2)n1. The molecule has 32 heavy (non-hydrogen) atoms. The van der Waals surface area contributed by atoms with Crippen molar-refractivity contribution >= 4 is 10.9 Å². The molecular weight excluding hydrogens is 400 g/mol. The number of ether oxygens (including phenoxy) is 2. The number of likely N-dealkylation sites (tertiary alicyclic amines) is 1. The van der Waals surface area contributed by atoms with Gasteiger partial charge in [-0.2, -0.15) is 0 Å². The van der Waals surface area contributed by atoms with E-state index < -0.39 is 0 Å². The highest BCUT2D eigenvalue weighted by Crippen LogP contribution is 2.33. The molecule has 6 rings (SSSR count). The summed E-state index contributed by atoms with van der Waals surface area (Å²) in [6.07, 6.45) is 4.40. The lowest BCUT2D eigenvalue weighted by Crippen LogP contribution is -2.51. The summed E-state index contributed by atoms with van der Waals surface area (Å²) in [6.45, 7) is 8.80. The van der Waals surface area contributed by atoms with Crippen molar-refractivity contribution in [2.24, 2.45) is 0 Å². The van der Waals surface area contributed by atoms with Crippen LogP contribution >= 0.6 is 0 Å². The number of rotatable bonds is 5. The van der Waals surface area contributed by atoms with Gasteiger partial charge < -0.3 is 14.5 Å². The minimum atomic E-state index is 0.664. The normalized spacial score (nSPS) is 21.8. The molecule has 3 aliphatic heterocycles. The third-order valence-electron chi connectivity index (χ3n) is 7.42. The van der Waals surface area contributed by atoms with Crippen molar-refractivity contribution in [3.63, 3.8) is 0 Å². The Morgan fingerprint density at radius 3 is 2.44 bits per heavy atom. The van der Waals surface area contributed by atoms with Crippen molar-refractivity contribution in [2.75, 3.05) is 52.6 Å². The molecule has 3 saturated heterocycles. The number of hydrogen-bond acceptors (Lipinski definition) is 5. The van der Waals surface area contributed by atoms with Gasteiger partial charge in [-0.3, -0.25) is 14.8 Å². The van der Waals surface area contributed by atoms with E-state index in [1.54, 1.807) is 0 Å². The number of pyridine rings is 1. The van der Waals surface area contributed by atoms with E-state index in [0.717, 1.165) is 57.3 Å². The number of piperidine rings is 1. The predicted molar refractivity (Wildman–Crippen MR) is 126 cm³/mol. The highest BCUT2D eigenvalue weighted by atomic mass is 16.5. The molecule has 0 unspecified atom stereocenters. The maximum atomic E-state index is 5.48. The van der Waals surface area contributed by atoms with E-state index in [1.165, 1.54) is 48.1 Å². The number of nitrogens with one attached hydrogen (secondary N) is 1. The molecule has 3 fully saturated rings. The van der Waals surface area contributed by atoms with Crippen molar-refractivity contribution in [3.8, 4) is 11.3 Å². The van der Waals surface area contributed by atoms with Gasteiger partial charge in [0, 0.05) is 48.0 Å². The molecule has 5 heterocycles. The van der Waals surface area contributed by atoms with Crippen LogP contribution in [0.25, 0.3) is 22.2 Å². The first-order valence-electron chi connectivity index (χ1n) is 12.0. The number of aromatic amines is 1. The van der Waals surface area contributed by atoms with Crippen LogP contribution in [0.2, 0.25) is 0 Å². The van der Waals surface area contributed by atoms with Gasteiger partial charge in [0.05, 0.1) is 38.2 Å². The molecule has 3 aliphatic rings. The van der Waals surface area contributed by atoms with Crippen LogP contribution in [0, 0.1) is 0 Å². The van der Waals surface area contributed by atoms with Crippen molar-refractivity contribution in [2.45, 2.75) is 31.3 Å². The van der Waals surface area contributed by atoms with Crippen LogP contribution in [0.15, 0.2) is 42.6 Å². The summed E-state index contributed by atoms with van der Waals surface area (Å²) in [7, 11) is 0. The van der Waals surface area contributed by atoms with Crippen LogP contribution in [-0.4, -0.2) is 78.4 Å². The third-order valence-corrected chi connectivity index (χ3v) is 7.42. The van der Waals surface area contributed by atoms with Gasteiger partial charge in [-0.25, -0.2) is 0 Å². The average Bonchev–Trinajstić information content (AvgIpc) is 3.22. The van der Waals surface area contributed by atoms with Crippen molar-refractivity contribution in [3.05, 3.63) is 53.9 Å². The Bertz CT molecular complexity index is 1050. The number of morpholine rings is 1. The first-order valence-corrected chi connectivity index (χ1v) is 12.0. The quantitative estimate of drug-likeness (QED) is 0.667. The van der Waals surface area contributed by atoms with E-state index in [1.807, 2.05) is 6.20 Å². The topological polar surface area (TPSA) is 53.6 Å². The van der Waals surface area contributed by atoms with E-state index in [-0.39, 0.29) is 0 Å². The zero-order valence-electron chi connectivity index (χ0n) is 18.6. The van der Waals surface area contributed by atoms with Crippen molar-refractivity contribution in [1.82, 2.24) is 19.8 Å². The molecule has 0 radical (unpaired) electrons. The molecule has 0 amide bonds. The zero-order chi connectivity index (χ0) is 21.3. The van der Waals surface area contributed by atoms with Gasteiger partial charge in [0.2, 0.25) is 0 Å². The van der Waals surface area contributed by atoms with Gasteiger partial charge >= 0.3 is 0 Å². The van der Waals surface area contributed by atoms with E-state index >= 15 is 0 Å². The molecule has 1 aromatic carbocycles. The van der Waals surface area contributed by atoms with E-state index in [9.17, 15) is 0 Å². The van der Waals surface area contributed by atoms with Crippen LogP contribution < -0.4 is 0 Å². The van der Waals surface area contributed by atoms with E-state index in [0.29, 0.717) is 12.0 Å². The minimum Gasteiger partial charge on any atom is -0.379 e. The molecule has 0 saturated carbocycles. The van der Waals surface area contributed by atoms with Crippen molar-refractivity contribution in [1.29, 1.82) is 0 Å². The Kier molecular flexibility index (Phi) is 5.69. The molecule has 6 heteroatoms. The second-order valence-electron chi connectivity index (χ2n) is 9.43. The molecule has 0 atom stereocenters. The van der Waals surface area contributed by atoms with Crippen molar-refractivity contribution < 1.29 is 9.47 Å². The standard InChI is InChI=1S/C26H32N4O2/c1-3-21(4-2-19(1)20-6-9-30(10-7-20)23-17-32-18-23)26-24-15-22(28-25(24)5-8-27-26)16-29-11-13-31-14-12-29/h1-5,8,15,20,23,28H,6-7,9-14,16-18H2. The van der Waals surface area contributed by atoms with Gasteiger partial charge in [0.1, 0.15) is 0 Å². The fourth-order valence-corrected chi connectivity index (χ4v) is 5.37. The molecule has 3 aromatic rings. The summed E-state index contributed by atoms with van der Waals surface area (Å²) < 4.78 is 10.8. The lowest BCUT2D eigenvalue weighted by atomic mass is 9.88. The lowest BCUT2D eigenvalue weighted by molar-refractivity contribution is -0.0712. The van der Waals surface area contributed by atoms with Gasteiger partial charge in [-0.1, -0.05) is 24.3 Å². The van der Waals surface area contributed by atoms with Crippen LogP contribution in [0.3, 0.4) is 0 Å². The summed E-state index contributed by atoms with van der Waals surface area (Å²) in [5.74, 6) is 0.664. The highest BCUT2D eigenvalue weighted by Gasteiger charge is 2.30. The van der Waals surface area contributed by atoms with Gasteiger partial charge in [0.15, 0.2) is 0 Å². The molecular formula is C26H32N4O2. The first-order chi connectivity index (χ1) is 15.8. The molecule has 0 spiro atoms. The number of nitrogens with zero attached hydrogens (tertiary/aromatic N) is 3. The van der Waals surface area contributed by atoms with Crippen LogP contribution in [0.4, 0.5) is 0 Å². The Labute approximate surface area is 189 Å². The summed E-state index contributed by atoms with van der Waals surface area (Å²) in [4.78, 5) is 13.4. The summed E-state index contributed by atoms with van der Waals surface area (Å²) in [5, 5.41) is 1.21. The van der Waals surface area contributed by atoms with Gasteiger partial charge in [-0.05, 0) is 49.5 Å². The Balaban J connectivity index is 1.17. The van der Waals surface area contributed by atoms with E-state index in [2.05, 4.69) is 51.2 Å². The largest absolute Gasteiger partial charge is 0.379 e. The molecule has 1 N–H and O–H groups in total. The smallest absolute Gasteiger partial charge is 0.0795 e. The molecule has 0 bridgehead atoms. The number of hydrogen-bond donors (Lipinski definition) is 1. The fraction of sp³-hybridized carbons (Fsp3) is 0.500. The Hall–Kier alpha value is -2.25. The highest BCUT2D eigenvalue weighted by molar-refractivity contribution is 5.93. The average molecular weight is 433 g/mol. The Morgan fingerprint density at radius 1 is 0.938 bits per heavy atom. The molecule has 0 aliphatic carbocycles. The summed E-state index contributed by atoms with van der Waals surface area (Å²) in [5.41, 5.74) is 6.14. The zero-order valence-corrected chi connectivity index (χ0v) is 18.6. The summed E-state index contributed by atoms with van der Waals surface area (Å²) in [6, 6.07) is 14.2. The van der Waals surface area contributed by atoms with Gasteiger partial charge in [-0.15, -0.1) is 0 Å². The number of fused-ring (bicyclic) bond motifs is 1. The fourth-order valence-electron chi connectivity index (χ4n) is 5.37. The number of aromatic nitrogens is 2. The predicted octanol–water partition coefficient (Wildman–Crippen LogP) is 3.64. The lowest BCUT2D eigenvalue weighted by Gasteiger charge is -2.41. The maximum absolute atomic E-state index is 5.48. The second kappa shape index (κ2) is 8.94. The Morgan fingerprint density at radius 2 is 1.72 bits per heavy atom. The molecule has 2 aromatic heterocycles. The monoisotopic (exact) mass is 432 g/mol. The van der Waals surface area contributed by atoms with Gasteiger partial charge in [0.25, 0.3) is 0 Å². The molecule has 168 valence electrons. The first kappa shape index (κ1) is 20.4. The van der Waals surface area contributed by atoms with Crippen LogP contribution in [-0.2, 0) is 16.0 Å². The van der Waals surface area contributed by atoms with E-state index in [4.69, 9.17) is 14.5 Å². The molecule has 6 nitrogen and oxygen atoms in total. The second-order valence-corrected chi connectivity index (χ2v) is 9.43. The number of H-pyrrole nitrogens is 1. The number of benzene rings is 1. The summed E-state index contributed by atoms with van der Waals surface area (Å²) >= 11 is 0. The third kappa shape index (κ3) is 4.08. The minimum absolute atomic E-state index is 0.664.